The smallest absolute Gasteiger partial charge is 0.243 e. The third-order valence-corrected chi connectivity index (χ3v) is 8.42. The van der Waals surface area contributed by atoms with Crippen molar-refractivity contribution >= 4 is 38.1 Å². The van der Waals surface area contributed by atoms with Crippen LogP contribution >= 0.6 is 0 Å². The summed E-state index contributed by atoms with van der Waals surface area (Å²) in [6, 6.07) is 19.1. The highest BCUT2D eigenvalue weighted by Crippen LogP contribution is 2.31. The molecular weight excluding hydrogens is 446 g/mol. The predicted molar refractivity (Wildman–Crippen MR) is 139 cm³/mol. The molecule has 0 radical (unpaired) electrons. The Labute approximate surface area is 202 Å². The van der Waals surface area contributed by atoms with E-state index >= 15 is 0 Å². The first-order valence-electron chi connectivity index (χ1n) is 12.1. The van der Waals surface area contributed by atoms with Gasteiger partial charge in [-0.25, -0.2) is 8.42 Å². The summed E-state index contributed by atoms with van der Waals surface area (Å²) < 4.78 is 28.1. The molecule has 1 heterocycles. The van der Waals surface area contributed by atoms with Gasteiger partial charge in [-0.05, 0) is 61.2 Å². The molecule has 0 spiro atoms. The number of nitrogens with one attached hydrogen (secondary N) is 1. The van der Waals surface area contributed by atoms with Crippen molar-refractivity contribution in [3.63, 3.8) is 0 Å². The molecular formula is C27H33N3O3S. The largest absolute Gasteiger partial charge is 0.370 e. The van der Waals surface area contributed by atoms with Crippen LogP contribution in [-0.2, 0) is 21.2 Å². The van der Waals surface area contributed by atoms with E-state index in [1.165, 1.54) is 0 Å². The molecule has 0 bridgehead atoms. The van der Waals surface area contributed by atoms with Crippen molar-refractivity contribution in [1.29, 1.82) is 0 Å². The monoisotopic (exact) mass is 479 g/mol. The minimum Gasteiger partial charge on any atom is -0.370 e. The second-order valence-corrected chi connectivity index (χ2v) is 10.6. The van der Waals surface area contributed by atoms with E-state index in [0.29, 0.717) is 18.8 Å². The summed E-state index contributed by atoms with van der Waals surface area (Å²) in [5.74, 6) is -0.169. The fourth-order valence-corrected chi connectivity index (χ4v) is 6.23. The minimum atomic E-state index is -3.60. The van der Waals surface area contributed by atoms with Crippen molar-refractivity contribution in [1.82, 2.24) is 4.31 Å². The Morgan fingerprint density at radius 1 is 0.941 bits per heavy atom. The molecule has 0 aromatic heterocycles. The van der Waals surface area contributed by atoms with Gasteiger partial charge in [-0.3, -0.25) is 4.79 Å². The quantitative estimate of drug-likeness (QED) is 0.491. The van der Waals surface area contributed by atoms with Crippen molar-refractivity contribution in [2.24, 2.45) is 0 Å². The van der Waals surface area contributed by atoms with E-state index in [1.807, 2.05) is 62.4 Å². The van der Waals surface area contributed by atoms with Crippen LogP contribution in [0, 0.1) is 0 Å². The number of fused-ring (bicyclic) bond motifs is 1. The third-order valence-electron chi connectivity index (χ3n) is 6.53. The molecule has 0 unspecified atom stereocenters. The summed E-state index contributed by atoms with van der Waals surface area (Å²) in [4.78, 5) is 15.5. The first-order valence-corrected chi connectivity index (χ1v) is 13.5. The molecule has 180 valence electrons. The normalized spacial score (nSPS) is 14.8. The van der Waals surface area contributed by atoms with E-state index in [-0.39, 0.29) is 17.2 Å². The Morgan fingerprint density at radius 3 is 2.38 bits per heavy atom. The lowest BCUT2D eigenvalue weighted by molar-refractivity contribution is -0.115. The summed E-state index contributed by atoms with van der Waals surface area (Å²) in [5.41, 5.74) is 2.30. The standard InChI is InChI=1S/C27H33N3O3S/c1-3-29(4-2)26-16-15-23(34(32,33)30-17-8-5-9-18-30)20-25(26)28-27(31)19-22-13-10-12-21-11-6-7-14-24(21)22/h6-7,10-16,20H,3-5,8-9,17-19H2,1-2H3,(H,28,31). The van der Waals surface area contributed by atoms with Gasteiger partial charge in [0.25, 0.3) is 0 Å². The highest BCUT2D eigenvalue weighted by molar-refractivity contribution is 7.89. The van der Waals surface area contributed by atoms with Crippen molar-refractivity contribution < 1.29 is 13.2 Å². The Balaban J connectivity index is 1.65. The zero-order chi connectivity index (χ0) is 24.1. The van der Waals surface area contributed by atoms with Crippen LogP contribution in [-0.4, -0.2) is 44.8 Å². The van der Waals surface area contributed by atoms with Gasteiger partial charge in [0.1, 0.15) is 0 Å². The number of sulfonamides is 1. The molecule has 7 heteroatoms. The molecule has 34 heavy (non-hydrogen) atoms. The summed E-state index contributed by atoms with van der Waals surface area (Å²) in [7, 11) is -3.60. The van der Waals surface area contributed by atoms with Crippen LogP contribution in [0.2, 0.25) is 0 Å². The lowest BCUT2D eigenvalue weighted by Gasteiger charge is -2.28. The van der Waals surface area contributed by atoms with Gasteiger partial charge in [-0.2, -0.15) is 4.31 Å². The van der Waals surface area contributed by atoms with Crippen LogP contribution in [0.25, 0.3) is 10.8 Å². The number of hydrogen-bond donors (Lipinski definition) is 1. The van der Waals surface area contributed by atoms with Crippen LogP contribution in [0.1, 0.15) is 38.7 Å². The molecule has 4 rings (SSSR count). The number of rotatable bonds is 8. The van der Waals surface area contributed by atoms with E-state index in [2.05, 4.69) is 10.2 Å². The van der Waals surface area contributed by atoms with Gasteiger partial charge < -0.3 is 10.2 Å². The van der Waals surface area contributed by atoms with Crippen molar-refractivity contribution in [2.75, 3.05) is 36.4 Å². The van der Waals surface area contributed by atoms with E-state index in [9.17, 15) is 13.2 Å². The van der Waals surface area contributed by atoms with Gasteiger partial charge in [-0.15, -0.1) is 0 Å². The van der Waals surface area contributed by atoms with Gasteiger partial charge in [0.15, 0.2) is 0 Å². The maximum atomic E-state index is 13.3. The van der Waals surface area contributed by atoms with Crippen LogP contribution < -0.4 is 10.2 Å². The number of carbonyl (C=O) groups excluding carboxylic acids is 1. The highest BCUT2D eigenvalue weighted by Gasteiger charge is 2.27. The molecule has 1 fully saturated rings. The average molecular weight is 480 g/mol. The Hall–Kier alpha value is -2.90. The van der Waals surface area contributed by atoms with E-state index in [1.54, 1.807) is 16.4 Å². The second-order valence-electron chi connectivity index (χ2n) is 8.68. The Morgan fingerprint density at radius 2 is 1.65 bits per heavy atom. The molecule has 0 aliphatic carbocycles. The van der Waals surface area contributed by atoms with Crippen LogP contribution in [0.15, 0.2) is 65.6 Å². The predicted octanol–water partition coefficient (Wildman–Crippen LogP) is 5.04. The van der Waals surface area contributed by atoms with Gasteiger partial charge in [-0.1, -0.05) is 48.9 Å². The summed E-state index contributed by atoms with van der Waals surface area (Å²) in [6.45, 7) is 6.68. The molecule has 1 saturated heterocycles. The maximum absolute atomic E-state index is 13.3. The molecule has 1 N–H and O–H groups in total. The average Bonchev–Trinajstić information content (AvgIpc) is 2.86. The van der Waals surface area contributed by atoms with Crippen LogP contribution in [0.5, 0.6) is 0 Å². The molecule has 1 aliphatic heterocycles. The number of hydrogen-bond acceptors (Lipinski definition) is 4. The van der Waals surface area contributed by atoms with E-state index < -0.39 is 10.0 Å². The zero-order valence-electron chi connectivity index (χ0n) is 20.0. The molecule has 0 atom stereocenters. The molecule has 3 aromatic rings. The fourth-order valence-electron chi connectivity index (χ4n) is 4.68. The molecule has 1 amide bonds. The van der Waals surface area contributed by atoms with Gasteiger partial charge in [0.05, 0.1) is 22.7 Å². The highest BCUT2D eigenvalue weighted by atomic mass is 32.2. The Bertz CT molecular complexity index is 1260. The zero-order valence-corrected chi connectivity index (χ0v) is 20.8. The van der Waals surface area contributed by atoms with Crippen molar-refractivity contribution in [2.45, 2.75) is 44.4 Å². The molecule has 3 aromatic carbocycles. The number of piperidine rings is 1. The van der Waals surface area contributed by atoms with Gasteiger partial charge in [0, 0.05) is 26.2 Å². The van der Waals surface area contributed by atoms with Gasteiger partial charge in [0.2, 0.25) is 15.9 Å². The number of nitrogens with zero attached hydrogens (tertiary/aromatic N) is 2. The first-order chi connectivity index (χ1) is 16.4. The van der Waals surface area contributed by atoms with E-state index in [0.717, 1.165) is 54.4 Å². The minimum absolute atomic E-state index is 0.169. The van der Waals surface area contributed by atoms with Crippen LogP contribution in [0.3, 0.4) is 0 Å². The summed E-state index contributed by atoms with van der Waals surface area (Å²) >= 11 is 0. The number of anilines is 2. The summed E-state index contributed by atoms with van der Waals surface area (Å²) in [5, 5.41) is 5.16. The number of amides is 1. The maximum Gasteiger partial charge on any atom is 0.243 e. The molecule has 0 saturated carbocycles. The number of benzene rings is 3. The van der Waals surface area contributed by atoms with Crippen LogP contribution in [0.4, 0.5) is 11.4 Å². The SMILES string of the molecule is CCN(CC)c1ccc(S(=O)(=O)N2CCCCC2)cc1NC(=O)Cc1cccc2ccccc12. The van der Waals surface area contributed by atoms with Gasteiger partial charge >= 0.3 is 0 Å². The fraction of sp³-hybridized carbons (Fsp3) is 0.370. The lowest BCUT2D eigenvalue weighted by Crippen LogP contribution is -2.35. The number of carbonyl (C=O) groups is 1. The first kappa shape index (κ1) is 24.2. The van der Waals surface area contributed by atoms with Crippen molar-refractivity contribution in [3.05, 3.63) is 66.2 Å². The molecule has 1 aliphatic rings. The van der Waals surface area contributed by atoms with Crippen molar-refractivity contribution in [3.8, 4) is 0 Å². The molecule has 6 nitrogen and oxygen atoms in total. The summed E-state index contributed by atoms with van der Waals surface area (Å²) in [6.07, 6.45) is 3.03. The third kappa shape index (κ3) is 5.10. The van der Waals surface area contributed by atoms with E-state index in [4.69, 9.17) is 0 Å². The Kier molecular flexibility index (Phi) is 7.54. The lowest BCUT2D eigenvalue weighted by atomic mass is 10.0. The topological polar surface area (TPSA) is 69.7 Å². The second kappa shape index (κ2) is 10.6.